The molecule has 0 aromatic rings. The van der Waals surface area contributed by atoms with Crippen LogP contribution in [0.15, 0.2) is 0 Å². The van der Waals surface area contributed by atoms with Crippen molar-refractivity contribution < 1.29 is 4.74 Å². The van der Waals surface area contributed by atoms with Crippen LogP contribution in [0.3, 0.4) is 0 Å². The second-order valence-electron chi connectivity index (χ2n) is 2.05. The van der Waals surface area contributed by atoms with Crippen molar-refractivity contribution in [1.29, 1.82) is 0 Å². The van der Waals surface area contributed by atoms with Crippen LogP contribution in [0.25, 0.3) is 0 Å². The molecule has 50 valence electrons. The largest absolute Gasteiger partial charge is 0.381 e. The highest BCUT2D eigenvalue weighted by Crippen LogP contribution is 2.03. The number of hydrogen-bond acceptors (Lipinski definition) is 1. The maximum absolute atomic E-state index is 5.14. The molecule has 0 unspecified atom stereocenters. The van der Waals surface area contributed by atoms with Crippen molar-refractivity contribution in [3.63, 3.8) is 0 Å². The predicted molar refractivity (Wildman–Crippen MR) is 36.0 cm³/mol. The van der Waals surface area contributed by atoms with Crippen molar-refractivity contribution in [2.45, 2.75) is 39.2 Å². The summed E-state index contributed by atoms with van der Waals surface area (Å²) in [4.78, 5) is 0. The third kappa shape index (κ3) is 3.03. The van der Waals surface area contributed by atoms with Gasteiger partial charge in [0.25, 0.3) is 0 Å². The zero-order valence-corrected chi connectivity index (χ0v) is 6.11. The zero-order chi connectivity index (χ0) is 6.41. The molecule has 1 nitrogen and oxygen atoms in total. The standard InChI is InChI=1S/C7H16O/c1-4-6-7(5-2)8-3/h7H,4-6H2,1-3H3/t7-/m1/s1. The van der Waals surface area contributed by atoms with Crippen LogP contribution in [-0.4, -0.2) is 13.2 Å². The Labute approximate surface area is 52.0 Å². The molecule has 0 aliphatic rings. The summed E-state index contributed by atoms with van der Waals surface area (Å²) in [6, 6.07) is 0. The molecule has 0 aromatic heterocycles. The van der Waals surface area contributed by atoms with Gasteiger partial charge in [0.1, 0.15) is 0 Å². The average Bonchev–Trinajstić information content (AvgIpc) is 1.83. The number of hydrogen-bond donors (Lipinski definition) is 0. The van der Waals surface area contributed by atoms with Gasteiger partial charge in [-0.05, 0) is 12.8 Å². The van der Waals surface area contributed by atoms with Crippen LogP contribution in [0.4, 0.5) is 0 Å². The van der Waals surface area contributed by atoms with Crippen molar-refractivity contribution in [2.75, 3.05) is 7.11 Å². The van der Waals surface area contributed by atoms with Gasteiger partial charge in [-0.2, -0.15) is 0 Å². The molecule has 0 bridgehead atoms. The van der Waals surface area contributed by atoms with Crippen LogP contribution >= 0.6 is 0 Å². The molecular formula is C7H16O. The van der Waals surface area contributed by atoms with Crippen molar-refractivity contribution in [1.82, 2.24) is 0 Å². The van der Waals surface area contributed by atoms with E-state index in [1.807, 2.05) is 0 Å². The second-order valence-corrected chi connectivity index (χ2v) is 2.05. The molecule has 1 atom stereocenters. The van der Waals surface area contributed by atoms with Crippen LogP contribution in [0.1, 0.15) is 33.1 Å². The van der Waals surface area contributed by atoms with Gasteiger partial charge in [-0.1, -0.05) is 20.3 Å². The van der Waals surface area contributed by atoms with E-state index in [4.69, 9.17) is 4.74 Å². The quantitative estimate of drug-likeness (QED) is 0.547. The van der Waals surface area contributed by atoms with Crippen LogP contribution in [-0.2, 0) is 4.74 Å². The molecule has 0 rings (SSSR count). The first kappa shape index (κ1) is 7.96. The summed E-state index contributed by atoms with van der Waals surface area (Å²) in [7, 11) is 1.78. The first-order valence-electron chi connectivity index (χ1n) is 3.37. The molecule has 0 radical (unpaired) electrons. The Kier molecular flexibility index (Phi) is 5.08. The summed E-state index contributed by atoms with van der Waals surface area (Å²) in [6.07, 6.45) is 4.07. The summed E-state index contributed by atoms with van der Waals surface area (Å²) in [5, 5.41) is 0. The van der Waals surface area contributed by atoms with E-state index in [-0.39, 0.29) is 0 Å². The van der Waals surface area contributed by atoms with Crippen molar-refractivity contribution in [3.05, 3.63) is 0 Å². The second kappa shape index (κ2) is 5.10. The van der Waals surface area contributed by atoms with E-state index in [1.54, 1.807) is 7.11 Å². The van der Waals surface area contributed by atoms with E-state index >= 15 is 0 Å². The van der Waals surface area contributed by atoms with Gasteiger partial charge in [0.05, 0.1) is 6.10 Å². The fourth-order valence-electron chi connectivity index (χ4n) is 0.811. The van der Waals surface area contributed by atoms with Crippen molar-refractivity contribution in [2.24, 2.45) is 0 Å². The molecule has 8 heavy (non-hydrogen) atoms. The maximum Gasteiger partial charge on any atom is 0.0568 e. The molecule has 0 saturated carbocycles. The minimum atomic E-state index is 0.500. The molecule has 0 amide bonds. The molecule has 0 fully saturated rings. The third-order valence-corrected chi connectivity index (χ3v) is 1.40. The minimum absolute atomic E-state index is 0.500. The topological polar surface area (TPSA) is 9.23 Å². The Balaban J connectivity index is 3.07. The van der Waals surface area contributed by atoms with Gasteiger partial charge in [0.15, 0.2) is 0 Å². The van der Waals surface area contributed by atoms with E-state index in [0.717, 1.165) is 6.42 Å². The molecule has 1 heteroatoms. The molecule has 0 aliphatic heterocycles. The van der Waals surface area contributed by atoms with Crippen LogP contribution in [0, 0.1) is 0 Å². The molecule has 0 saturated heterocycles. The minimum Gasteiger partial charge on any atom is -0.381 e. The fourth-order valence-corrected chi connectivity index (χ4v) is 0.811. The monoisotopic (exact) mass is 116 g/mol. The lowest BCUT2D eigenvalue weighted by Crippen LogP contribution is -2.07. The Morgan fingerprint density at radius 1 is 1.38 bits per heavy atom. The van der Waals surface area contributed by atoms with E-state index in [9.17, 15) is 0 Å². The SMILES string of the molecule is CCC[C@@H](CC)OC. The average molecular weight is 116 g/mol. The van der Waals surface area contributed by atoms with Gasteiger partial charge in [0.2, 0.25) is 0 Å². The molecule has 0 spiro atoms. The van der Waals surface area contributed by atoms with E-state index in [2.05, 4.69) is 13.8 Å². The maximum atomic E-state index is 5.14. The third-order valence-electron chi connectivity index (χ3n) is 1.40. The molecular weight excluding hydrogens is 100 g/mol. The first-order chi connectivity index (χ1) is 3.85. The Morgan fingerprint density at radius 2 is 2.00 bits per heavy atom. The number of methoxy groups -OCH3 is 1. The number of ether oxygens (including phenoxy) is 1. The lowest BCUT2D eigenvalue weighted by atomic mass is 10.2. The summed E-state index contributed by atoms with van der Waals surface area (Å²) in [5.74, 6) is 0. The van der Waals surface area contributed by atoms with Gasteiger partial charge in [0, 0.05) is 7.11 Å². The molecule has 0 aliphatic carbocycles. The Bertz CT molecular complexity index is 39.7. The van der Waals surface area contributed by atoms with Crippen LogP contribution in [0.5, 0.6) is 0 Å². The predicted octanol–water partition coefficient (Wildman–Crippen LogP) is 2.21. The number of rotatable bonds is 4. The summed E-state index contributed by atoms with van der Waals surface area (Å²) < 4.78 is 5.14. The van der Waals surface area contributed by atoms with Gasteiger partial charge in [-0.25, -0.2) is 0 Å². The van der Waals surface area contributed by atoms with Crippen molar-refractivity contribution >= 4 is 0 Å². The van der Waals surface area contributed by atoms with Gasteiger partial charge in [-0.15, -0.1) is 0 Å². The summed E-state index contributed by atoms with van der Waals surface area (Å²) in [5.41, 5.74) is 0. The molecule has 0 aromatic carbocycles. The van der Waals surface area contributed by atoms with Gasteiger partial charge < -0.3 is 4.74 Å². The highest BCUT2D eigenvalue weighted by Gasteiger charge is 1.99. The highest BCUT2D eigenvalue weighted by atomic mass is 16.5. The lowest BCUT2D eigenvalue weighted by Gasteiger charge is -2.09. The first-order valence-corrected chi connectivity index (χ1v) is 3.37. The normalized spacial score (nSPS) is 13.9. The van der Waals surface area contributed by atoms with E-state index in [1.165, 1.54) is 12.8 Å². The van der Waals surface area contributed by atoms with Crippen LogP contribution in [0.2, 0.25) is 0 Å². The van der Waals surface area contributed by atoms with Crippen molar-refractivity contribution in [3.8, 4) is 0 Å². The summed E-state index contributed by atoms with van der Waals surface area (Å²) in [6.45, 7) is 4.34. The van der Waals surface area contributed by atoms with Gasteiger partial charge in [-0.3, -0.25) is 0 Å². The Morgan fingerprint density at radius 3 is 2.12 bits per heavy atom. The Hall–Kier alpha value is -0.0400. The lowest BCUT2D eigenvalue weighted by molar-refractivity contribution is 0.0915. The van der Waals surface area contributed by atoms with Crippen LogP contribution < -0.4 is 0 Å². The van der Waals surface area contributed by atoms with Gasteiger partial charge >= 0.3 is 0 Å². The fraction of sp³-hybridized carbons (Fsp3) is 1.00. The zero-order valence-electron chi connectivity index (χ0n) is 6.11. The highest BCUT2D eigenvalue weighted by molar-refractivity contribution is 4.50. The molecule has 0 heterocycles. The summed E-state index contributed by atoms with van der Waals surface area (Å²) >= 11 is 0. The van der Waals surface area contributed by atoms with E-state index < -0.39 is 0 Å². The smallest absolute Gasteiger partial charge is 0.0568 e. The van der Waals surface area contributed by atoms with E-state index in [0.29, 0.717) is 6.10 Å². The molecule has 0 N–H and O–H groups in total.